The number of aromatic nitrogens is 2. The number of para-hydroxylation sites is 1. The van der Waals surface area contributed by atoms with Crippen molar-refractivity contribution in [3.8, 4) is 0 Å². The van der Waals surface area contributed by atoms with Gasteiger partial charge in [0.25, 0.3) is 5.56 Å². The molecule has 0 aliphatic carbocycles. The molecule has 0 bridgehead atoms. The molecule has 0 spiro atoms. The Morgan fingerprint density at radius 2 is 2.24 bits per heavy atom. The van der Waals surface area contributed by atoms with Crippen LogP contribution in [0.5, 0.6) is 0 Å². The van der Waals surface area contributed by atoms with Gasteiger partial charge in [-0.3, -0.25) is 9.59 Å². The molecule has 0 unspecified atom stereocenters. The van der Waals surface area contributed by atoms with Crippen molar-refractivity contribution in [2.24, 2.45) is 0 Å². The molecule has 1 amide bonds. The summed E-state index contributed by atoms with van der Waals surface area (Å²) in [5.74, 6) is 0.357. The maximum Gasteiger partial charge on any atom is 0.253 e. The van der Waals surface area contributed by atoms with Gasteiger partial charge in [0.1, 0.15) is 5.82 Å². The predicted octanol–water partition coefficient (Wildman–Crippen LogP) is 1.03. The van der Waals surface area contributed by atoms with Gasteiger partial charge in [0.2, 0.25) is 5.91 Å². The Morgan fingerprint density at radius 3 is 3.05 bits per heavy atom. The Kier molecular flexibility index (Phi) is 3.66. The first-order chi connectivity index (χ1) is 10.1. The molecule has 1 aliphatic rings. The van der Waals surface area contributed by atoms with Crippen LogP contribution in [0, 0.1) is 0 Å². The van der Waals surface area contributed by atoms with Gasteiger partial charge in [0, 0.05) is 18.3 Å². The van der Waals surface area contributed by atoms with Gasteiger partial charge >= 0.3 is 0 Å². The number of fused-ring (bicyclic) bond motifs is 1. The van der Waals surface area contributed by atoms with Crippen LogP contribution in [0.3, 0.4) is 0 Å². The monoisotopic (exact) mass is 302 g/mol. The van der Waals surface area contributed by atoms with Crippen molar-refractivity contribution in [1.29, 1.82) is 0 Å². The molecule has 2 heterocycles. The van der Waals surface area contributed by atoms with Crippen LogP contribution in [-0.4, -0.2) is 28.2 Å². The summed E-state index contributed by atoms with van der Waals surface area (Å²) in [5, 5.41) is 0.362. The molecule has 0 saturated heterocycles. The normalized spacial score (nSPS) is 13.2. The van der Waals surface area contributed by atoms with E-state index in [0.29, 0.717) is 11.7 Å². The smallest absolute Gasteiger partial charge is 0.253 e. The third-order valence-corrected chi connectivity index (χ3v) is 4.12. The molecule has 0 radical (unpaired) electrons. The fraction of sp³-hybridized carbons (Fsp3) is 0.214. The molecule has 2 aromatic rings. The standard InChI is InChI=1S/C14H14N4O2S/c15-11-7-12(19)17-14(16-11)21-8-13(20)18-6-5-9-3-1-2-4-10(9)18/h1-4,7H,5-6,8H2,(H3,15,16,17,19). The summed E-state index contributed by atoms with van der Waals surface area (Å²) >= 11 is 1.18. The molecule has 0 saturated carbocycles. The molecule has 1 aliphatic heterocycles. The van der Waals surface area contributed by atoms with Crippen LogP contribution in [0.25, 0.3) is 0 Å². The number of nitrogens with two attached hydrogens (primary N) is 1. The number of amides is 1. The summed E-state index contributed by atoms with van der Waals surface area (Å²) < 4.78 is 0. The summed E-state index contributed by atoms with van der Waals surface area (Å²) in [6, 6.07) is 9.10. The average molecular weight is 302 g/mol. The number of rotatable bonds is 3. The number of hydrogen-bond donors (Lipinski definition) is 2. The van der Waals surface area contributed by atoms with E-state index in [4.69, 9.17) is 5.73 Å². The Balaban J connectivity index is 1.69. The second kappa shape index (κ2) is 5.61. The molecule has 108 valence electrons. The third-order valence-electron chi connectivity index (χ3n) is 3.26. The zero-order chi connectivity index (χ0) is 14.8. The summed E-state index contributed by atoms with van der Waals surface area (Å²) in [6.45, 7) is 0.694. The number of thioether (sulfide) groups is 1. The number of hydrogen-bond acceptors (Lipinski definition) is 5. The van der Waals surface area contributed by atoms with Gasteiger partial charge in [-0.2, -0.15) is 0 Å². The lowest BCUT2D eigenvalue weighted by molar-refractivity contribution is -0.116. The highest BCUT2D eigenvalue weighted by atomic mass is 32.2. The number of nitrogens with one attached hydrogen (secondary N) is 1. The molecule has 3 rings (SSSR count). The number of nitrogen functional groups attached to an aromatic ring is 1. The molecule has 3 N–H and O–H groups in total. The van der Waals surface area contributed by atoms with Gasteiger partial charge in [-0.15, -0.1) is 0 Å². The average Bonchev–Trinajstić information content (AvgIpc) is 2.88. The minimum atomic E-state index is -0.316. The summed E-state index contributed by atoms with van der Waals surface area (Å²) in [5.41, 5.74) is 7.35. The highest BCUT2D eigenvalue weighted by molar-refractivity contribution is 7.99. The number of carbonyl (C=O) groups is 1. The molecule has 21 heavy (non-hydrogen) atoms. The van der Waals surface area contributed by atoms with Crippen molar-refractivity contribution in [2.75, 3.05) is 22.9 Å². The SMILES string of the molecule is Nc1cc(=O)[nH]c(SCC(=O)N2CCc3ccccc32)n1. The molecule has 1 aromatic carbocycles. The highest BCUT2D eigenvalue weighted by Gasteiger charge is 2.24. The second-order valence-corrected chi connectivity index (χ2v) is 5.65. The van der Waals surface area contributed by atoms with Gasteiger partial charge in [-0.25, -0.2) is 4.98 Å². The van der Waals surface area contributed by atoms with E-state index in [1.807, 2.05) is 24.3 Å². The van der Waals surface area contributed by atoms with E-state index in [1.54, 1.807) is 4.90 Å². The van der Waals surface area contributed by atoms with Crippen molar-refractivity contribution in [3.63, 3.8) is 0 Å². The first kappa shape index (κ1) is 13.7. The molecular weight excluding hydrogens is 288 g/mol. The van der Waals surface area contributed by atoms with E-state index in [1.165, 1.54) is 23.4 Å². The molecule has 0 fully saturated rings. The summed E-state index contributed by atoms with van der Waals surface area (Å²) in [6.07, 6.45) is 0.875. The Labute approximate surface area is 125 Å². The fourth-order valence-corrected chi connectivity index (χ4v) is 3.09. The highest BCUT2D eigenvalue weighted by Crippen LogP contribution is 2.28. The van der Waals surface area contributed by atoms with Crippen molar-refractivity contribution in [2.45, 2.75) is 11.6 Å². The van der Waals surface area contributed by atoms with Crippen LogP contribution >= 0.6 is 11.8 Å². The molecule has 7 heteroatoms. The van der Waals surface area contributed by atoms with Crippen molar-refractivity contribution < 1.29 is 4.79 Å². The van der Waals surface area contributed by atoms with Gasteiger partial charge in [-0.05, 0) is 18.1 Å². The number of benzene rings is 1. The van der Waals surface area contributed by atoms with Gasteiger partial charge < -0.3 is 15.6 Å². The maximum atomic E-state index is 12.3. The van der Waals surface area contributed by atoms with E-state index in [-0.39, 0.29) is 23.0 Å². The van der Waals surface area contributed by atoms with Crippen LogP contribution in [0.2, 0.25) is 0 Å². The molecule has 6 nitrogen and oxygen atoms in total. The topological polar surface area (TPSA) is 92.1 Å². The van der Waals surface area contributed by atoms with E-state index >= 15 is 0 Å². The number of aromatic amines is 1. The third kappa shape index (κ3) is 2.92. The van der Waals surface area contributed by atoms with Gasteiger partial charge in [0.15, 0.2) is 5.16 Å². The van der Waals surface area contributed by atoms with Crippen LogP contribution in [-0.2, 0) is 11.2 Å². The fourth-order valence-electron chi connectivity index (χ4n) is 2.33. The lowest BCUT2D eigenvalue weighted by Crippen LogP contribution is -2.30. The summed E-state index contributed by atoms with van der Waals surface area (Å²) in [7, 11) is 0. The number of H-pyrrole nitrogens is 1. The summed E-state index contributed by atoms with van der Waals surface area (Å²) in [4.78, 5) is 31.9. The van der Waals surface area contributed by atoms with E-state index < -0.39 is 0 Å². The lowest BCUT2D eigenvalue weighted by atomic mass is 10.2. The molecule has 1 aromatic heterocycles. The van der Waals surface area contributed by atoms with Crippen LogP contribution in [0.1, 0.15) is 5.56 Å². The number of carbonyl (C=O) groups excluding carboxylic acids is 1. The largest absolute Gasteiger partial charge is 0.383 e. The Morgan fingerprint density at radius 1 is 1.43 bits per heavy atom. The van der Waals surface area contributed by atoms with Crippen molar-refractivity contribution >= 4 is 29.2 Å². The zero-order valence-electron chi connectivity index (χ0n) is 11.2. The minimum absolute atomic E-state index is 0.00461. The molecular formula is C14H14N4O2S. The Bertz CT molecular complexity index is 744. The quantitative estimate of drug-likeness (QED) is 0.652. The van der Waals surface area contributed by atoms with Crippen molar-refractivity contribution in [3.05, 3.63) is 46.2 Å². The van der Waals surface area contributed by atoms with Crippen LogP contribution in [0.15, 0.2) is 40.3 Å². The first-order valence-electron chi connectivity index (χ1n) is 6.51. The van der Waals surface area contributed by atoms with E-state index in [9.17, 15) is 9.59 Å². The maximum absolute atomic E-state index is 12.3. The second-order valence-electron chi connectivity index (χ2n) is 4.69. The van der Waals surface area contributed by atoms with Crippen LogP contribution < -0.4 is 16.2 Å². The number of nitrogens with zero attached hydrogens (tertiary/aromatic N) is 2. The minimum Gasteiger partial charge on any atom is -0.383 e. The van der Waals surface area contributed by atoms with E-state index in [0.717, 1.165) is 12.1 Å². The Hall–Kier alpha value is -2.28. The number of anilines is 2. The molecule has 0 atom stereocenters. The zero-order valence-corrected chi connectivity index (χ0v) is 12.0. The van der Waals surface area contributed by atoms with Crippen molar-refractivity contribution in [1.82, 2.24) is 9.97 Å². The van der Waals surface area contributed by atoms with Crippen LogP contribution in [0.4, 0.5) is 11.5 Å². The van der Waals surface area contributed by atoms with E-state index in [2.05, 4.69) is 9.97 Å². The van der Waals surface area contributed by atoms with Gasteiger partial charge in [0.05, 0.1) is 5.75 Å². The van der Waals surface area contributed by atoms with Gasteiger partial charge in [-0.1, -0.05) is 30.0 Å². The first-order valence-corrected chi connectivity index (χ1v) is 7.50. The lowest BCUT2D eigenvalue weighted by Gasteiger charge is -2.16. The predicted molar refractivity (Wildman–Crippen MR) is 82.5 cm³/mol.